The average molecular weight is 359 g/mol. The molecule has 1 aliphatic heterocycles. The van der Waals surface area contributed by atoms with Crippen molar-refractivity contribution in [3.05, 3.63) is 11.3 Å². The Kier molecular flexibility index (Phi) is 4.53. The molecule has 0 N–H and O–H groups in total. The molecule has 0 fully saturated rings. The third-order valence-corrected chi connectivity index (χ3v) is 4.21. The number of ether oxygens (including phenoxy) is 1. The van der Waals surface area contributed by atoms with E-state index in [2.05, 4.69) is 27.6 Å². The summed E-state index contributed by atoms with van der Waals surface area (Å²) in [5, 5.41) is 6.37. The number of nitrogens with zero attached hydrogens (tertiary/aromatic N) is 3. The van der Waals surface area contributed by atoms with Gasteiger partial charge in [0.15, 0.2) is 5.69 Å². The SMILES string of the molecule is Cn1nc(C(F)(F)F)c(CC2=NOC(C)(C)C2S)c1OC(F)F. The van der Waals surface area contributed by atoms with Crippen LogP contribution in [0, 0.1) is 0 Å². The van der Waals surface area contributed by atoms with Gasteiger partial charge in [0, 0.05) is 13.5 Å². The maximum atomic E-state index is 13.1. The summed E-state index contributed by atoms with van der Waals surface area (Å²) in [5.41, 5.74) is -2.47. The molecule has 0 amide bonds. The number of aromatic nitrogens is 2. The Hall–Kier alpha value is -1.52. The van der Waals surface area contributed by atoms with Crippen LogP contribution in [0.15, 0.2) is 5.16 Å². The van der Waals surface area contributed by atoms with Crippen LogP contribution in [0.2, 0.25) is 0 Å². The first kappa shape index (κ1) is 17.8. The summed E-state index contributed by atoms with van der Waals surface area (Å²) < 4.78 is 69.1. The summed E-state index contributed by atoms with van der Waals surface area (Å²) in [6.07, 6.45) is -5.24. The molecule has 1 unspecified atom stereocenters. The first-order valence-corrected chi connectivity index (χ1v) is 6.96. The fourth-order valence-corrected chi connectivity index (χ4v) is 2.34. The van der Waals surface area contributed by atoms with Crippen molar-refractivity contribution in [2.45, 2.75) is 43.9 Å². The molecule has 0 bridgehead atoms. The molecule has 0 spiro atoms. The van der Waals surface area contributed by atoms with Crippen LogP contribution in [-0.2, 0) is 24.5 Å². The van der Waals surface area contributed by atoms with Crippen LogP contribution in [0.3, 0.4) is 0 Å². The number of aryl methyl sites for hydroxylation is 1. The number of hydrogen-bond donors (Lipinski definition) is 1. The van der Waals surface area contributed by atoms with Crippen LogP contribution < -0.4 is 4.74 Å². The van der Waals surface area contributed by atoms with Crippen LogP contribution in [0.1, 0.15) is 25.1 Å². The average Bonchev–Trinajstić information content (AvgIpc) is 2.82. The van der Waals surface area contributed by atoms with Crippen LogP contribution >= 0.6 is 12.6 Å². The van der Waals surface area contributed by atoms with E-state index in [1.165, 1.54) is 0 Å². The van der Waals surface area contributed by atoms with Gasteiger partial charge in [0.1, 0.15) is 5.60 Å². The van der Waals surface area contributed by atoms with Crippen LogP contribution in [0.25, 0.3) is 0 Å². The number of alkyl halides is 5. The van der Waals surface area contributed by atoms with E-state index in [9.17, 15) is 22.0 Å². The Labute approximate surface area is 133 Å². The van der Waals surface area contributed by atoms with E-state index in [4.69, 9.17) is 4.84 Å². The van der Waals surface area contributed by atoms with Gasteiger partial charge < -0.3 is 9.57 Å². The Morgan fingerprint density at radius 2 is 2.00 bits per heavy atom. The van der Waals surface area contributed by atoms with Gasteiger partial charge in [-0.05, 0) is 13.8 Å². The smallest absolute Gasteiger partial charge is 0.417 e. The number of oxime groups is 1. The van der Waals surface area contributed by atoms with Gasteiger partial charge in [-0.15, -0.1) is 0 Å². The number of rotatable bonds is 4. The van der Waals surface area contributed by atoms with Gasteiger partial charge in [-0.25, -0.2) is 4.68 Å². The molecule has 5 nitrogen and oxygen atoms in total. The Morgan fingerprint density at radius 3 is 2.43 bits per heavy atom. The Morgan fingerprint density at radius 1 is 1.39 bits per heavy atom. The van der Waals surface area contributed by atoms with Gasteiger partial charge >= 0.3 is 12.8 Å². The predicted octanol–water partition coefficient (Wildman–Crippen LogP) is 3.05. The van der Waals surface area contributed by atoms with Crippen molar-refractivity contribution in [3.63, 3.8) is 0 Å². The lowest BCUT2D eigenvalue weighted by atomic mass is 9.97. The van der Waals surface area contributed by atoms with E-state index in [0.29, 0.717) is 4.68 Å². The van der Waals surface area contributed by atoms with Gasteiger partial charge in [-0.3, -0.25) is 0 Å². The second-order valence-electron chi connectivity index (χ2n) is 5.49. The molecule has 130 valence electrons. The summed E-state index contributed by atoms with van der Waals surface area (Å²) in [4.78, 5) is 5.10. The topological polar surface area (TPSA) is 48.6 Å². The van der Waals surface area contributed by atoms with Gasteiger partial charge in [0.25, 0.3) is 0 Å². The van der Waals surface area contributed by atoms with Gasteiger partial charge in [0.2, 0.25) is 5.88 Å². The van der Waals surface area contributed by atoms with Crippen LogP contribution in [-0.4, -0.2) is 33.0 Å². The van der Waals surface area contributed by atoms with Crippen molar-refractivity contribution in [1.29, 1.82) is 0 Å². The number of hydrogen-bond acceptors (Lipinski definition) is 5. The molecule has 23 heavy (non-hydrogen) atoms. The van der Waals surface area contributed by atoms with E-state index in [1.807, 2.05) is 0 Å². The highest BCUT2D eigenvalue weighted by atomic mass is 32.1. The van der Waals surface area contributed by atoms with E-state index in [-0.39, 0.29) is 5.71 Å². The molecule has 0 radical (unpaired) electrons. The molecule has 2 heterocycles. The van der Waals surface area contributed by atoms with Crippen LogP contribution in [0.5, 0.6) is 5.88 Å². The summed E-state index contributed by atoms with van der Waals surface area (Å²) in [6, 6.07) is 0. The van der Waals surface area contributed by atoms with Crippen molar-refractivity contribution in [2.24, 2.45) is 12.2 Å². The predicted molar refractivity (Wildman–Crippen MR) is 73.9 cm³/mol. The van der Waals surface area contributed by atoms with Crippen molar-refractivity contribution in [2.75, 3.05) is 0 Å². The molecule has 1 aromatic rings. The van der Waals surface area contributed by atoms with Gasteiger partial charge in [0.05, 0.1) is 16.5 Å². The van der Waals surface area contributed by atoms with Gasteiger partial charge in [-0.1, -0.05) is 5.16 Å². The molecule has 0 aromatic carbocycles. The third kappa shape index (κ3) is 3.54. The Bertz CT molecular complexity index is 627. The maximum Gasteiger partial charge on any atom is 0.435 e. The largest absolute Gasteiger partial charge is 0.435 e. The minimum absolute atomic E-state index is 0.177. The molecule has 11 heteroatoms. The summed E-state index contributed by atoms with van der Waals surface area (Å²) in [5.74, 6) is -0.666. The lowest BCUT2D eigenvalue weighted by Gasteiger charge is -2.20. The maximum absolute atomic E-state index is 13.1. The zero-order valence-electron chi connectivity index (χ0n) is 12.4. The summed E-state index contributed by atoms with van der Waals surface area (Å²) in [6.45, 7) is 0.0346. The van der Waals surface area contributed by atoms with Gasteiger partial charge in [-0.2, -0.15) is 39.7 Å². The molecule has 1 aromatic heterocycles. The number of halogens is 5. The fraction of sp³-hybridized carbons (Fsp3) is 0.667. The fourth-order valence-electron chi connectivity index (χ4n) is 2.16. The quantitative estimate of drug-likeness (QED) is 0.664. The lowest BCUT2D eigenvalue weighted by molar-refractivity contribution is -0.142. The highest BCUT2D eigenvalue weighted by Crippen LogP contribution is 2.38. The van der Waals surface area contributed by atoms with E-state index in [1.54, 1.807) is 13.8 Å². The molecule has 0 saturated heterocycles. The van der Waals surface area contributed by atoms with Crippen molar-refractivity contribution < 1.29 is 31.5 Å². The molecule has 0 aliphatic carbocycles. The highest BCUT2D eigenvalue weighted by Gasteiger charge is 2.43. The molecular formula is C12H14F5N3O2S. The van der Waals surface area contributed by atoms with Crippen molar-refractivity contribution >= 4 is 18.3 Å². The summed E-state index contributed by atoms with van der Waals surface area (Å²) in [7, 11) is 1.09. The van der Waals surface area contributed by atoms with E-state index < -0.39 is 47.2 Å². The first-order valence-electron chi connectivity index (χ1n) is 6.44. The second-order valence-corrected chi connectivity index (χ2v) is 6.01. The Balaban J connectivity index is 2.43. The minimum atomic E-state index is -4.82. The molecule has 0 saturated carbocycles. The monoisotopic (exact) mass is 359 g/mol. The van der Waals surface area contributed by atoms with Crippen LogP contribution in [0.4, 0.5) is 22.0 Å². The van der Waals surface area contributed by atoms with E-state index in [0.717, 1.165) is 7.05 Å². The normalized spacial score (nSPS) is 20.6. The molecule has 2 rings (SSSR count). The lowest BCUT2D eigenvalue weighted by Crippen LogP contribution is -2.34. The second kappa shape index (κ2) is 5.84. The highest BCUT2D eigenvalue weighted by molar-refractivity contribution is 7.82. The zero-order valence-corrected chi connectivity index (χ0v) is 13.3. The first-order chi connectivity index (χ1) is 10.4. The molecular weight excluding hydrogens is 345 g/mol. The molecule has 1 atom stereocenters. The third-order valence-electron chi connectivity index (χ3n) is 3.29. The number of thiol groups is 1. The van der Waals surface area contributed by atoms with E-state index >= 15 is 0 Å². The minimum Gasteiger partial charge on any atom is -0.417 e. The zero-order chi connectivity index (χ0) is 17.6. The standard InChI is InChI=1S/C12H14F5N3O2S/c1-11(2)8(23)6(19-22-11)4-5-7(12(15,16)17)18-20(3)9(5)21-10(13)14/h8,10,23H,4H2,1-3H3. The van der Waals surface area contributed by atoms with Crippen molar-refractivity contribution in [3.8, 4) is 5.88 Å². The summed E-state index contributed by atoms with van der Waals surface area (Å²) >= 11 is 4.26. The molecule has 1 aliphatic rings. The van der Waals surface area contributed by atoms with Crippen molar-refractivity contribution in [1.82, 2.24) is 9.78 Å².